The highest BCUT2D eigenvalue weighted by molar-refractivity contribution is 5.79. The monoisotopic (exact) mass is 336 g/mol. The van der Waals surface area contributed by atoms with Crippen LogP contribution < -0.4 is 5.32 Å². The molecule has 0 aromatic carbocycles. The molecule has 0 aromatic heterocycles. The molecule has 0 aliphatic carbocycles. The van der Waals surface area contributed by atoms with Gasteiger partial charge in [-0.1, -0.05) is 13.3 Å². The van der Waals surface area contributed by atoms with Gasteiger partial charge in [0.05, 0.1) is 6.61 Å². The van der Waals surface area contributed by atoms with E-state index in [1.54, 1.807) is 0 Å². The lowest BCUT2D eigenvalue weighted by molar-refractivity contribution is -0.216. The summed E-state index contributed by atoms with van der Waals surface area (Å²) < 4.78 is 32.7. The standard InChI is InChI=1S/C15H26F2N2O4/c1-3-5-9-18-13(21)19-10-6-7-14(22,8-11-19)15(16,17)12(20)23-4-2/h22H,3-11H2,1-2H3,(H,18,21). The van der Waals surface area contributed by atoms with Gasteiger partial charge in [0.15, 0.2) is 0 Å². The number of unbranched alkanes of at least 4 members (excludes halogenated alkanes) is 1. The molecule has 0 saturated carbocycles. The summed E-state index contributed by atoms with van der Waals surface area (Å²) >= 11 is 0. The number of alkyl halides is 2. The van der Waals surface area contributed by atoms with E-state index in [1.807, 2.05) is 6.92 Å². The van der Waals surface area contributed by atoms with E-state index in [4.69, 9.17) is 0 Å². The van der Waals surface area contributed by atoms with Crippen LogP contribution in [0.25, 0.3) is 0 Å². The number of amides is 2. The lowest BCUT2D eigenvalue weighted by Gasteiger charge is -2.33. The summed E-state index contributed by atoms with van der Waals surface area (Å²) in [5.41, 5.74) is -2.49. The molecule has 1 atom stereocenters. The third kappa shape index (κ3) is 4.76. The molecule has 2 N–H and O–H groups in total. The second kappa shape index (κ2) is 8.42. The van der Waals surface area contributed by atoms with Gasteiger partial charge in [-0.3, -0.25) is 0 Å². The minimum Gasteiger partial charge on any atom is -0.461 e. The van der Waals surface area contributed by atoms with Crippen LogP contribution in [0.2, 0.25) is 0 Å². The molecule has 0 aromatic rings. The molecule has 134 valence electrons. The first-order chi connectivity index (χ1) is 10.8. The van der Waals surface area contributed by atoms with Crippen molar-refractivity contribution in [1.82, 2.24) is 10.2 Å². The van der Waals surface area contributed by atoms with Crippen LogP contribution in [0.15, 0.2) is 0 Å². The molecule has 0 radical (unpaired) electrons. The van der Waals surface area contributed by atoms with Gasteiger partial charge >= 0.3 is 17.9 Å². The number of carbonyl (C=O) groups is 2. The highest BCUT2D eigenvalue weighted by Gasteiger charge is 2.59. The van der Waals surface area contributed by atoms with Crippen molar-refractivity contribution in [3.63, 3.8) is 0 Å². The fourth-order valence-corrected chi connectivity index (χ4v) is 2.53. The van der Waals surface area contributed by atoms with Crippen molar-refractivity contribution in [2.24, 2.45) is 0 Å². The van der Waals surface area contributed by atoms with Crippen LogP contribution in [-0.4, -0.2) is 59.8 Å². The number of halogens is 2. The number of ether oxygens (including phenoxy) is 1. The number of urea groups is 1. The first kappa shape index (κ1) is 19.6. The van der Waals surface area contributed by atoms with Crippen LogP contribution in [-0.2, 0) is 9.53 Å². The highest BCUT2D eigenvalue weighted by atomic mass is 19.3. The lowest BCUT2D eigenvalue weighted by atomic mass is 9.87. The average molecular weight is 336 g/mol. The smallest absolute Gasteiger partial charge is 0.380 e. The molecule has 1 unspecified atom stereocenters. The Morgan fingerprint density at radius 1 is 1.30 bits per heavy atom. The van der Waals surface area contributed by atoms with E-state index in [0.29, 0.717) is 6.54 Å². The van der Waals surface area contributed by atoms with Crippen LogP contribution in [0, 0.1) is 0 Å². The van der Waals surface area contributed by atoms with Crippen LogP contribution in [0.3, 0.4) is 0 Å². The van der Waals surface area contributed by atoms with E-state index < -0.39 is 17.5 Å². The molecule has 23 heavy (non-hydrogen) atoms. The fraction of sp³-hybridized carbons (Fsp3) is 0.867. The van der Waals surface area contributed by atoms with Gasteiger partial charge in [0.25, 0.3) is 0 Å². The average Bonchev–Trinajstić information content (AvgIpc) is 2.71. The van der Waals surface area contributed by atoms with Crippen molar-refractivity contribution < 1.29 is 28.2 Å². The van der Waals surface area contributed by atoms with Crippen LogP contribution >= 0.6 is 0 Å². The normalized spacial score (nSPS) is 22.4. The Hall–Kier alpha value is -1.44. The van der Waals surface area contributed by atoms with Crippen LogP contribution in [0.4, 0.5) is 13.6 Å². The molecule has 1 fully saturated rings. The number of nitrogens with one attached hydrogen (secondary N) is 1. The quantitative estimate of drug-likeness (QED) is 0.574. The third-order valence-electron chi connectivity index (χ3n) is 4.02. The summed E-state index contributed by atoms with van der Waals surface area (Å²) in [6, 6.07) is -0.331. The third-order valence-corrected chi connectivity index (χ3v) is 4.02. The Bertz CT molecular complexity index is 420. The number of nitrogens with zero attached hydrogens (tertiary/aromatic N) is 1. The topological polar surface area (TPSA) is 78.9 Å². The second-order valence-electron chi connectivity index (χ2n) is 5.75. The molecule has 1 aliphatic heterocycles. The SMILES string of the molecule is CCCCNC(=O)N1CCCC(O)(C(F)(F)C(=O)OCC)CC1. The van der Waals surface area contributed by atoms with Crippen LogP contribution in [0.5, 0.6) is 0 Å². The zero-order valence-electron chi connectivity index (χ0n) is 13.7. The molecule has 0 bridgehead atoms. The molecular formula is C15H26F2N2O4. The Kier molecular flexibility index (Phi) is 7.18. The van der Waals surface area contributed by atoms with Crippen molar-refractivity contribution in [3.05, 3.63) is 0 Å². The van der Waals surface area contributed by atoms with Crippen molar-refractivity contribution >= 4 is 12.0 Å². The number of hydrogen-bond acceptors (Lipinski definition) is 4. The molecular weight excluding hydrogens is 310 g/mol. The van der Waals surface area contributed by atoms with Gasteiger partial charge in [-0.05, 0) is 26.2 Å². The molecule has 1 heterocycles. The van der Waals surface area contributed by atoms with Crippen molar-refractivity contribution in [1.29, 1.82) is 0 Å². The number of aliphatic hydroxyl groups is 1. The maximum atomic E-state index is 14.2. The molecule has 1 saturated heterocycles. The predicted molar refractivity (Wildman–Crippen MR) is 80.3 cm³/mol. The number of carbonyl (C=O) groups excluding carboxylic acids is 2. The van der Waals surface area contributed by atoms with Crippen molar-refractivity contribution in [2.45, 2.75) is 57.5 Å². The van der Waals surface area contributed by atoms with Crippen molar-refractivity contribution in [3.8, 4) is 0 Å². The summed E-state index contributed by atoms with van der Waals surface area (Å²) in [5.74, 6) is -5.71. The van der Waals surface area contributed by atoms with Gasteiger partial charge in [-0.2, -0.15) is 8.78 Å². The van der Waals surface area contributed by atoms with E-state index in [2.05, 4.69) is 10.1 Å². The molecule has 0 spiro atoms. The van der Waals surface area contributed by atoms with Gasteiger partial charge < -0.3 is 20.1 Å². The Morgan fingerprint density at radius 3 is 2.61 bits per heavy atom. The summed E-state index contributed by atoms with van der Waals surface area (Å²) in [6.07, 6.45) is 1.32. The molecule has 1 rings (SSSR count). The van der Waals surface area contributed by atoms with E-state index in [9.17, 15) is 23.5 Å². The van der Waals surface area contributed by atoms with E-state index in [-0.39, 0.29) is 45.0 Å². The summed E-state index contributed by atoms with van der Waals surface area (Å²) in [6.45, 7) is 3.98. The summed E-state index contributed by atoms with van der Waals surface area (Å²) in [5, 5.41) is 13.0. The first-order valence-electron chi connectivity index (χ1n) is 8.08. The molecule has 1 aliphatic rings. The van der Waals surface area contributed by atoms with Crippen molar-refractivity contribution in [2.75, 3.05) is 26.2 Å². The first-order valence-corrected chi connectivity index (χ1v) is 8.08. The van der Waals surface area contributed by atoms with Gasteiger partial charge in [-0.25, -0.2) is 9.59 Å². The minimum atomic E-state index is -3.99. The molecule has 6 nitrogen and oxygen atoms in total. The Balaban J connectivity index is 2.69. The number of hydrogen-bond donors (Lipinski definition) is 2. The predicted octanol–water partition coefficient (Wildman–Crippen LogP) is 1.91. The zero-order valence-corrected chi connectivity index (χ0v) is 13.7. The second-order valence-corrected chi connectivity index (χ2v) is 5.75. The maximum Gasteiger partial charge on any atom is 0.380 e. The van der Waals surface area contributed by atoms with E-state index in [0.717, 1.165) is 12.8 Å². The number of esters is 1. The largest absolute Gasteiger partial charge is 0.461 e. The zero-order chi connectivity index (χ0) is 17.5. The maximum absolute atomic E-state index is 14.2. The Labute approximate surface area is 135 Å². The fourth-order valence-electron chi connectivity index (χ4n) is 2.53. The molecule has 8 heteroatoms. The van der Waals surface area contributed by atoms with Gasteiger partial charge in [0, 0.05) is 26.1 Å². The number of likely N-dealkylation sites (tertiary alicyclic amines) is 1. The molecule has 2 amide bonds. The number of rotatable bonds is 6. The Morgan fingerprint density at radius 2 is 2.00 bits per heavy atom. The lowest BCUT2D eigenvalue weighted by Crippen LogP contribution is -2.54. The van der Waals surface area contributed by atoms with Gasteiger partial charge in [-0.15, -0.1) is 0 Å². The van der Waals surface area contributed by atoms with Gasteiger partial charge in [0.1, 0.15) is 5.60 Å². The van der Waals surface area contributed by atoms with E-state index in [1.165, 1.54) is 11.8 Å². The summed E-state index contributed by atoms with van der Waals surface area (Å²) in [7, 11) is 0. The van der Waals surface area contributed by atoms with Crippen LogP contribution in [0.1, 0.15) is 46.0 Å². The highest BCUT2D eigenvalue weighted by Crippen LogP contribution is 2.38. The minimum absolute atomic E-state index is 0.0382. The van der Waals surface area contributed by atoms with E-state index >= 15 is 0 Å². The van der Waals surface area contributed by atoms with Gasteiger partial charge in [0.2, 0.25) is 0 Å². The summed E-state index contributed by atoms with van der Waals surface area (Å²) in [4.78, 5) is 24.8.